The van der Waals surface area contributed by atoms with Crippen molar-refractivity contribution >= 4 is 11.6 Å². The van der Waals surface area contributed by atoms with Gasteiger partial charge >= 0.3 is 0 Å². The zero-order chi connectivity index (χ0) is 13.8. The van der Waals surface area contributed by atoms with Crippen molar-refractivity contribution < 1.29 is 0 Å². The first kappa shape index (κ1) is 12.9. The van der Waals surface area contributed by atoms with E-state index < -0.39 is 0 Å². The number of benzene rings is 1. The van der Waals surface area contributed by atoms with Crippen molar-refractivity contribution in [3.63, 3.8) is 0 Å². The van der Waals surface area contributed by atoms with Gasteiger partial charge in [-0.1, -0.05) is 41.9 Å². The lowest BCUT2D eigenvalue weighted by atomic mass is 10.1. The van der Waals surface area contributed by atoms with E-state index in [1.165, 1.54) is 5.56 Å². The number of halogens is 1. The zero-order valence-corrected chi connectivity index (χ0v) is 11.5. The molecule has 0 saturated carbocycles. The lowest BCUT2D eigenvalue weighted by Crippen LogP contribution is -2.03. The summed E-state index contributed by atoms with van der Waals surface area (Å²) in [6, 6.07) is 15.9. The third kappa shape index (κ3) is 2.89. The molecule has 3 nitrogen and oxygen atoms in total. The minimum atomic E-state index is 0.485. The first-order chi connectivity index (χ1) is 9.83. The monoisotopic (exact) mass is 282 g/mol. The van der Waals surface area contributed by atoms with Gasteiger partial charge in [-0.15, -0.1) is 0 Å². The average molecular weight is 283 g/mol. The summed E-state index contributed by atoms with van der Waals surface area (Å²) in [6.45, 7) is 0. The number of aromatic nitrogens is 3. The van der Waals surface area contributed by atoms with Crippen LogP contribution in [0.15, 0.2) is 60.9 Å². The van der Waals surface area contributed by atoms with E-state index >= 15 is 0 Å². The molecule has 0 atom stereocenters. The summed E-state index contributed by atoms with van der Waals surface area (Å²) in [5, 5.41) is 4.83. The van der Waals surface area contributed by atoms with Crippen LogP contribution in [0.5, 0.6) is 0 Å². The van der Waals surface area contributed by atoms with Crippen molar-refractivity contribution in [1.82, 2.24) is 14.8 Å². The van der Waals surface area contributed by atoms with Gasteiger partial charge in [0.25, 0.3) is 0 Å². The lowest BCUT2D eigenvalue weighted by Gasteiger charge is -2.07. The molecule has 0 spiro atoms. The van der Waals surface area contributed by atoms with Gasteiger partial charge in [-0.3, -0.25) is 0 Å². The second-order valence-electron chi connectivity index (χ2n) is 4.39. The van der Waals surface area contributed by atoms with E-state index in [1.807, 2.05) is 35.0 Å². The second-order valence-corrected chi connectivity index (χ2v) is 4.78. The highest BCUT2D eigenvalue weighted by atomic mass is 35.5. The largest absolute Gasteiger partial charge is 0.242 e. The van der Waals surface area contributed by atoms with Crippen LogP contribution in [-0.4, -0.2) is 14.8 Å². The third-order valence-corrected chi connectivity index (χ3v) is 3.25. The topological polar surface area (TPSA) is 30.7 Å². The molecule has 0 bridgehead atoms. The van der Waals surface area contributed by atoms with Crippen LogP contribution in [0.25, 0.3) is 5.69 Å². The Bertz CT molecular complexity index is 674. The number of hydrogen-bond acceptors (Lipinski definition) is 2. The molecule has 0 aliphatic carbocycles. The minimum Gasteiger partial charge on any atom is -0.242 e. The van der Waals surface area contributed by atoms with E-state index in [-0.39, 0.29) is 0 Å². The van der Waals surface area contributed by atoms with Crippen molar-refractivity contribution in [1.29, 1.82) is 0 Å². The molecule has 0 amide bonds. The highest BCUT2D eigenvalue weighted by Gasteiger charge is 2.06. The first-order valence-electron chi connectivity index (χ1n) is 6.36. The van der Waals surface area contributed by atoms with E-state index in [4.69, 9.17) is 11.6 Å². The summed E-state index contributed by atoms with van der Waals surface area (Å²) in [5.41, 5.74) is 3.23. The SMILES string of the molecule is Clc1ccc(-n2nccc2C[CH]c2ccccc2)cn1. The molecule has 99 valence electrons. The Morgan fingerprint density at radius 1 is 1.05 bits per heavy atom. The van der Waals surface area contributed by atoms with Crippen LogP contribution < -0.4 is 0 Å². The first-order valence-corrected chi connectivity index (χ1v) is 6.74. The standard InChI is InChI=1S/C16H13ClN3/c17-16-9-8-15(12-18-16)20-14(10-11-19-20)7-6-13-4-2-1-3-5-13/h1-6,8-12H,7H2. The molecule has 2 aromatic heterocycles. The van der Waals surface area contributed by atoms with Crippen molar-refractivity contribution in [2.45, 2.75) is 6.42 Å². The van der Waals surface area contributed by atoms with Crippen molar-refractivity contribution in [3.8, 4) is 5.69 Å². The molecular formula is C16H13ClN3. The van der Waals surface area contributed by atoms with Crippen LogP contribution in [0, 0.1) is 6.42 Å². The van der Waals surface area contributed by atoms with Crippen molar-refractivity contribution in [2.75, 3.05) is 0 Å². The van der Waals surface area contributed by atoms with Crippen LogP contribution >= 0.6 is 11.6 Å². The minimum absolute atomic E-state index is 0.485. The summed E-state index contributed by atoms with van der Waals surface area (Å²) in [7, 11) is 0. The van der Waals surface area contributed by atoms with E-state index in [0.717, 1.165) is 17.8 Å². The number of nitrogens with zero attached hydrogens (tertiary/aromatic N) is 3. The normalized spacial score (nSPS) is 10.7. The third-order valence-electron chi connectivity index (χ3n) is 3.02. The Labute approximate surface area is 122 Å². The maximum atomic E-state index is 5.81. The fourth-order valence-corrected chi connectivity index (χ4v) is 2.13. The molecule has 0 fully saturated rings. The Hall–Kier alpha value is -2.13. The van der Waals surface area contributed by atoms with Gasteiger partial charge in [0.2, 0.25) is 0 Å². The fourth-order valence-electron chi connectivity index (χ4n) is 2.02. The molecular weight excluding hydrogens is 270 g/mol. The molecule has 20 heavy (non-hydrogen) atoms. The Balaban J connectivity index is 1.78. The lowest BCUT2D eigenvalue weighted by molar-refractivity contribution is 0.816. The molecule has 0 saturated heterocycles. The van der Waals surface area contributed by atoms with E-state index in [9.17, 15) is 0 Å². The summed E-state index contributed by atoms with van der Waals surface area (Å²) in [4.78, 5) is 4.09. The van der Waals surface area contributed by atoms with Crippen LogP contribution in [0.1, 0.15) is 11.3 Å². The Morgan fingerprint density at radius 3 is 2.65 bits per heavy atom. The molecule has 4 heteroatoms. The second kappa shape index (κ2) is 5.88. The zero-order valence-electron chi connectivity index (χ0n) is 10.8. The molecule has 0 unspecified atom stereocenters. The smallest absolute Gasteiger partial charge is 0.129 e. The Kier molecular flexibility index (Phi) is 3.79. The van der Waals surface area contributed by atoms with E-state index in [0.29, 0.717) is 5.15 Å². The molecule has 0 aliphatic heterocycles. The molecule has 1 radical (unpaired) electrons. The quantitative estimate of drug-likeness (QED) is 0.683. The van der Waals surface area contributed by atoms with Gasteiger partial charge in [-0.2, -0.15) is 5.10 Å². The predicted octanol–water partition coefficient (Wildman–Crippen LogP) is 3.72. The summed E-state index contributed by atoms with van der Waals surface area (Å²) in [5.74, 6) is 0. The van der Waals surface area contributed by atoms with Gasteiger partial charge in [0.05, 0.1) is 11.9 Å². The predicted molar refractivity (Wildman–Crippen MR) is 79.9 cm³/mol. The van der Waals surface area contributed by atoms with Crippen LogP contribution in [-0.2, 0) is 6.42 Å². The molecule has 3 rings (SSSR count). The number of pyridine rings is 1. The van der Waals surface area contributed by atoms with Crippen molar-refractivity contribution in [2.24, 2.45) is 0 Å². The molecule has 0 aliphatic rings. The molecule has 0 N–H and O–H groups in total. The van der Waals surface area contributed by atoms with Gasteiger partial charge < -0.3 is 0 Å². The highest BCUT2D eigenvalue weighted by Crippen LogP contribution is 2.14. The van der Waals surface area contributed by atoms with E-state index in [1.54, 1.807) is 18.5 Å². The molecule has 2 heterocycles. The maximum Gasteiger partial charge on any atom is 0.129 e. The van der Waals surface area contributed by atoms with Gasteiger partial charge in [-0.05, 0) is 36.6 Å². The molecule has 3 aromatic rings. The van der Waals surface area contributed by atoms with Crippen LogP contribution in [0.3, 0.4) is 0 Å². The van der Waals surface area contributed by atoms with Crippen LogP contribution in [0.2, 0.25) is 5.15 Å². The summed E-state index contributed by atoms with van der Waals surface area (Å²) in [6.07, 6.45) is 6.51. The summed E-state index contributed by atoms with van der Waals surface area (Å²) < 4.78 is 1.88. The maximum absolute atomic E-state index is 5.81. The number of rotatable bonds is 4. The fraction of sp³-hybridized carbons (Fsp3) is 0.0625. The van der Waals surface area contributed by atoms with Crippen molar-refractivity contribution in [3.05, 3.63) is 83.8 Å². The van der Waals surface area contributed by atoms with Gasteiger partial charge in [0, 0.05) is 11.9 Å². The van der Waals surface area contributed by atoms with Gasteiger partial charge in [-0.25, -0.2) is 9.67 Å². The Morgan fingerprint density at radius 2 is 1.90 bits per heavy atom. The highest BCUT2D eigenvalue weighted by molar-refractivity contribution is 6.29. The molecule has 1 aromatic carbocycles. The van der Waals surface area contributed by atoms with Crippen LogP contribution in [0.4, 0.5) is 0 Å². The van der Waals surface area contributed by atoms with Gasteiger partial charge in [0.15, 0.2) is 0 Å². The number of hydrogen-bond donors (Lipinski definition) is 0. The van der Waals surface area contributed by atoms with E-state index in [2.05, 4.69) is 28.6 Å². The average Bonchev–Trinajstić information content (AvgIpc) is 2.95. The summed E-state index contributed by atoms with van der Waals surface area (Å²) >= 11 is 5.81. The van der Waals surface area contributed by atoms with Gasteiger partial charge in [0.1, 0.15) is 5.15 Å².